The van der Waals surface area contributed by atoms with Crippen molar-refractivity contribution in [2.45, 2.75) is 6.92 Å². The van der Waals surface area contributed by atoms with Gasteiger partial charge in [-0.1, -0.05) is 0 Å². The summed E-state index contributed by atoms with van der Waals surface area (Å²) >= 11 is 0. The Kier molecular flexibility index (Phi) is 3.39. The summed E-state index contributed by atoms with van der Waals surface area (Å²) in [4.78, 5) is 15.1. The molecule has 0 aromatic carbocycles. The fourth-order valence-electron chi connectivity index (χ4n) is 1.06. The van der Waals surface area contributed by atoms with E-state index in [1.165, 1.54) is 7.05 Å². The summed E-state index contributed by atoms with van der Waals surface area (Å²) in [5, 5.41) is 5.30. The molecule has 0 aliphatic heterocycles. The minimum Gasteiger partial charge on any atom is -0.370 e. The second-order valence-corrected chi connectivity index (χ2v) is 2.66. The first-order valence-electron chi connectivity index (χ1n) is 4.30. The number of hydrogen-bond acceptors (Lipinski definition) is 3. The Labute approximate surface area is 81.5 Å². The minimum absolute atomic E-state index is 0.217. The maximum absolute atomic E-state index is 12.8. The molecule has 0 saturated carbocycles. The molecule has 0 aliphatic carbocycles. The highest BCUT2D eigenvalue weighted by Crippen LogP contribution is 2.12. The molecule has 1 rings (SSSR count). The Morgan fingerprint density at radius 2 is 2.36 bits per heavy atom. The monoisotopic (exact) mass is 197 g/mol. The third-order valence-corrected chi connectivity index (χ3v) is 1.67. The van der Waals surface area contributed by atoms with E-state index < -0.39 is 5.82 Å². The number of pyridine rings is 1. The summed E-state index contributed by atoms with van der Waals surface area (Å²) in [6.07, 6.45) is 1.07. The van der Waals surface area contributed by atoms with Crippen LogP contribution in [0.4, 0.5) is 10.2 Å². The molecule has 0 unspecified atom stereocenters. The van der Waals surface area contributed by atoms with Crippen LogP contribution in [-0.2, 0) is 0 Å². The number of amides is 1. The summed E-state index contributed by atoms with van der Waals surface area (Å²) < 4.78 is 12.8. The molecule has 0 saturated heterocycles. The SMILES string of the molecule is CCNc1ncc(F)cc1C(=O)NC. The normalized spacial score (nSPS) is 9.64. The molecule has 1 aromatic rings. The Hall–Kier alpha value is -1.65. The minimum atomic E-state index is -0.523. The maximum atomic E-state index is 12.8. The lowest BCUT2D eigenvalue weighted by Gasteiger charge is -2.07. The molecule has 0 spiro atoms. The third kappa shape index (κ3) is 2.18. The molecule has 1 heterocycles. The Morgan fingerprint density at radius 3 is 2.93 bits per heavy atom. The number of carbonyl (C=O) groups excluding carboxylic acids is 1. The van der Waals surface area contributed by atoms with Crippen molar-refractivity contribution < 1.29 is 9.18 Å². The number of hydrogen-bond donors (Lipinski definition) is 2. The zero-order valence-corrected chi connectivity index (χ0v) is 8.10. The lowest BCUT2D eigenvalue weighted by atomic mass is 10.2. The highest BCUT2D eigenvalue weighted by Gasteiger charge is 2.11. The van der Waals surface area contributed by atoms with Crippen LogP contribution < -0.4 is 10.6 Å². The predicted molar refractivity (Wildman–Crippen MR) is 51.7 cm³/mol. The standard InChI is InChI=1S/C9H12FN3O/c1-3-12-8-7(9(14)11-2)4-6(10)5-13-8/h4-5H,3H2,1-2H3,(H,11,14)(H,12,13). The molecule has 1 amide bonds. The van der Waals surface area contributed by atoms with Gasteiger partial charge < -0.3 is 10.6 Å². The van der Waals surface area contributed by atoms with Gasteiger partial charge in [0.05, 0.1) is 11.8 Å². The van der Waals surface area contributed by atoms with E-state index in [9.17, 15) is 9.18 Å². The zero-order chi connectivity index (χ0) is 10.6. The van der Waals surface area contributed by atoms with Gasteiger partial charge in [-0.05, 0) is 13.0 Å². The van der Waals surface area contributed by atoms with E-state index in [1.807, 2.05) is 6.92 Å². The molecule has 2 N–H and O–H groups in total. The number of nitrogens with one attached hydrogen (secondary N) is 2. The van der Waals surface area contributed by atoms with Crippen LogP contribution in [0.25, 0.3) is 0 Å². The number of carbonyl (C=O) groups is 1. The van der Waals surface area contributed by atoms with Gasteiger partial charge in [0.2, 0.25) is 0 Å². The van der Waals surface area contributed by atoms with Gasteiger partial charge in [0.25, 0.3) is 5.91 Å². The van der Waals surface area contributed by atoms with Gasteiger partial charge in [-0.2, -0.15) is 0 Å². The van der Waals surface area contributed by atoms with Gasteiger partial charge in [0.1, 0.15) is 11.6 Å². The van der Waals surface area contributed by atoms with Crippen molar-refractivity contribution in [1.29, 1.82) is 0 Å². The van der Waals surface area contributed by atoms with Gasteiger partial charge in [-0.25, -0.2) is 9.37 Å². The van der Waals surface area contributed by atoms with Gasteiger partial charge in [0.15, 0.2) is 0 Å². The third-order valence-electron chi connectivity index (χ3n) is 1.67. The topological polar surface area (TPSA) is 54.0 Å². The summed E-state index contributed by atoms with van der Waals surface area (Å²) in [7, 11) is 1.49. The first-order valence-corrected chi connectivity index (χ1v) is 4.30. The van der Waals surface area contributed by atoms with Gasteiger partial charge in [0, 0.05) is 13.6 Å². The smallest absolute Gasteiger partial charge is 0.254 e. The summed E-state index contributed by atoms with van der Waals surface area (Å²) in [5.41, 5.74) is 0.217. The van der Waals surface area contributed by atoms with Crippen LogP contribution in [0.1, 0.15) is 17.3 Å². The van der Waals surface area contributed by atoms with E-state index in [4.69, 9.17) is 0 Å². The molecule has 0 radical (unpaired) electrons. The number of halogens is 1. The number of anilines is 1. The van der Waals surface area contributed by atoms with Crippen LogP contribution in [0.15, 0.2) is 12.3 Å². The van der Waals surface area contributed by atoms with Gasteiger partial charge in [-0.15, -0.1) is 0 Å². The van der Waals surface area contributed by atoms with Crippen LogP contribution in [-0.4, -0.2) is 24.5 Å². The van der Waals surface area contributed by atoms with E-state index in [-0.39, 0.29) is 11.5 Å². The van der Waals surface area contributed by atoms with Crippen LogP contribution >= 0.6 is 0 Å². The lowest BCUT2D eigenvalue weighted by molar-refractivity contribution is 0.0963. The summed E-state index contributed by atoms with van der Waals surface area (Å²) in [5.74, 6) is -0.480. The maximum Gasteiger partial charge on any atom is 0.254 e. The second-order valence-electron chi connectivity index (χ2n) is 2.66. The van der Waals surface area contributed by atoms with Crippen LogP contribution in [0.2, 0.25) is 0 Å². The summed E-state index contributed by atoms with van der Waals surface area (Å²) in [6, 6.07) is 1.16. The highest BCUT2D eigenvalue weighted by molar-refractivity contribution is 5.98. The van der Waals surface area contributed by atoms with E-state index in [0.29, 0.717) is 12.4 Å². The first kappa shape index (κ1) is 10.4. The van der Waals surface area contributed by atoms with Crippen molar-refractivity contribution in [2.24, 2.45) is 0 Å². The van der Waals surface area contributed by atoms with E-state index >= 15 is 0 Å². The second kappa shape index (κ2) is 4.55. The lowest BCUT2D eigenvalue weighted by Crippen LogP contribution is -2.20. The van der Waals surface area contributed by atoms with Gasteiger partial charge in [-0.3, -0.25) is 4.79 Å². The number of aromatic nitrogens is 1. The van der Waals surface area contributed by atoms with Crippen molar-refractivity contribution in [3.8, 4) is 0 Å². The molecular formula is C9H12FN3O. The predicted octanol–water partition coefficient (Wildman–Crippen LogP) is 1.01. The van der Waals surface area contributed by atoms with Crippen molar-refractivity contribution in [2.75, 3.05) is 18.9 Å². The average Bonchev–Trinajstić information content (AvgIpc) is 2.20. The van der Waals surface area contributed by atoms with Gasteiger partial charge >= 0.3 is 0 Å². The quantitative estimate of drug-likeness (QED) is 0.760. The molecule has 1 aromatic heterocycles. The molecule has 0 fully saturated rings. The van der Waals surface area contributed by atoms with Crippen molar-refractivity contribution >= 4 is 11.7 Å². The molecule has 0 bridgehead atoms. The largest absolute Gasteiger partial charge is 0.370 e. The van der Waals surface area contributed by atoms with Crippen LogP contribution in [0.3, 0.4) is 0 Å². The zero-order valence-electron chi connectivity index (χ0n) is 8.10. The molecule has 4 nitrogen and oxygen atoms in total. The molecule has 14 heavy (non-hydrogen) atoms. The first-order chi connectivity index (χ1) is 6.69. The number of nitrogens with zero attached hydrogens (tertiary/aromatic N) is 1. The fourth-order valence-corrected chi connectivity index (χ4v) is 1.06. The Bertz CT molecular complexity index is 341. The molecule has 0 atom stereocenters. The van der Waals surface area contributed by atoms with Crippen molar-refractivity contribution in [3.63, 3.8) is 0 Å². The van der Waals surface area contributed by atoms with E-state index in [1.54, 1.807) is 0 Å². The van der Waals surface area contributed by atoms with Crippen molar-refractivity contribution in [3.05, 3.63) is 23.6 Å². The highest BCUT2D eigenvalue weighted by atomic mass is 19.1. The van der Waals surface area contributed by atoms with E-state index in [0.717, 1.165) is 12.3 Å². The summed E-state index contributed by atoms with van der Waals surface area (Å²) in [6.45, 7) is 2.50. The Morgan fingerprint density at radius 1 is 1.64 bits per heavy atom. The molecular weight excluding hydrogens is 185 g/mol. The number of rotatable bonds is 3. The van der Waals surface area contributed by atoms with Crippen molar-refractivity contribution in [1.82, 2.24) is 10.3 Å². The molecule has 0 aliphatic rings. The Balaban J connectivity index is 3.08. The fraction of sp³-hybridized carbons (Fsp3) is 0.333. The van der Waals surface area contributed by atoms with Crippen LogP contribution in [0, 0.1) is 5.82 Å². The molecule has 5 heteroatoms. The van der Waals surface area contributed by atoms with E-state index in [2.05, 4.69) is 15.6 Å². The van der Waals surface area contributed by atoms with Crippen LogP contribution in [0.5, 0.6) is 0 Å². The molecule has 76 valence electrons. The average molecular weight is 197 g/mol.